The SMILES string of the molecule is CC=C(C)[SiH2]Br. The second-order valence-corrected chi connectivity index (χ2v) is 4.33. The molecular formula is C4H9BrSi. The summed E-state index contributed by atoms with van der Waals surface area (Å²) in [7, 11) is 0.0120. The summed E-state index contributed by atoms with van der Waals surface area (Å²) in [6.07, 6.45) is 2.15. The van der Waals surface area contributed by atoms with Gasteiger partial charge in [0.15, 0.2) is 0 Å². The van der Waals surface area contributed by atoms with Gasteiger partial charge in [-0.05, 0) is 13.8 Å². The Balaban J connectivity index is 3.22. The van der Waals surface area contributed by atoms with E-state index in [1.807, 2.05) is 0 Å². The first-order chi connectivity index (χ1) is 2.81. The van der Waals surface area contributed by atoms with E-state index in [4.69, 9.17) is 0 Å². The van der Waals surface area contributed by atoms with Crippen molar-refractivity contribution in [2.24, 2.45) is 0 Å². The number of halogens is 1. The molecule has 0 nitrogen and oxygen atoms in total. The van der Waals surface area contributed by atoms with Crippen LogP contribution in [0.25, 0.3) is 0 Å². The topological polar surface area (TPSA) is 0 Å². The van der Waals surface area contributed by atoms with Crippen LogP contribution in [0.15, 0.2) is 11.3 Å². The van der Waals surface area contributed by atoms with E-state index in [1.165, 1.54) is 5.20 Å². The van der Waals surface area contributed by atoms with Gasteiger partial charge in [0, 0.05) is 0 Å². The molecule has 0 aliphatic rings. The van der Waals surface area contributed by atoms with E-state index in [1.54, 1.807) is 0 Å². The minimum absolute atomic E-state index is 0.0120. The Bertz CT molecular complexity index is 58.6. The van der Waals surface area contributed by atoms with Gasteiger partial charge >= 0.3 is 0 Å². The molecule has 0 unspecified atom stereocenters. The quantitative estimate of drug-likeness (QED) is 0.407. The Kier molecular flexibility index (Phi) is 3.88. The van der Waals surface area contributed by atoms with Gasteiger partial charge in [0.05, 0.1) is 0 Å². The van der Waals surface area contributed by atoms with Gasteiger partial charge in [0.2, 0.25) is 0 Å². The van der Waals surface area contributed by atoms with Crippen molar-refractivity contribution in [2.45, 2.75) is 13.8 Å². The summed E-state index contributed by atoms with van der Waals surface area (Å²) < 4.78 is 0. The van der Waals surface area contributed by atoms with Gasteiger partial charge in [0.25, 0.3) is 0 Å². The fourth-order valence-electron chi connectivity index (χ4n) is 0.0772. The fraction of sp³-hybridized carbons (Fsp3) is 0.500. The summed E-state index contributed by atoms with van der Waals surface area (Å²) in [5.41, 5.74) is 0. The maximum Gasteiger partial charge on any atom is 0.124 e. The first kappa shape index (κ1) is 6.44. The summed E-state index contributed by atoms with van der Waals surface area (Å²) in [4.78, 5) is 0. The van der Waals surface area contributed by atoms with Crippen LogP contribution < -0.4 is 0 Å². The molecule has 0 radical (unpaired) electrons. The van der Waals surface area contributed by atoms with Crippen LogP contribution in [0, 0.1) is 0 Å². The molecule has 0 atom stereocenters. The van der Waals surface area contributed by atoms with Crippen molar-refractivity contribution in [1.29, 1.82) is 0 Å². The van der Waals surface area contributed by atoms with E-state index in [-0.39, 0.29) is 8.14 Å². The summed E-state index contributed by atoms with van der Waals surface area (Å²) in [6.45, 7) is 4.23. The molecule has 36 valence electrons. The zero-order valence-corrected chi connectivity index (χ0v) is 7.16. The maximum atomic E-state index is 3.45. The van der Waals surface area contributed by atoms with Crippen LogP contribution in [0.4, 0.5) is 0 Å². The Morgan fingerprint density at radius 2 is 2.33 bits per heavy atom. The molecule has 0 aliphatic carbocycles. The van der Waals surface area contributed by atoms with Crippen molar-refractivity contribution >= 4 is 23.4 Å². The highest BCUT2D eigenvalue weighted by molar-refractivity contribution is 9.23. The van der Waals surface area contributed by atoms with Crippen LogP contribution >= 0.6 is 15.3 Å². The highest BCUT2D eigenvalue weighted by atomic mass is 79.9. The van der Waals surface area contributed by atoms with Gasteiger partial charge in [-0.1, -0.05) is 11.3 Å². The normalized spacial score (nSPS) is 14.2. The minimum atomic E-state index is 0.0120. The molecule has 2 heteroatoms. The predicted octanol–water partition coefficient (Wildman–Crippen LogP) is 1.39. The molecule has 0 spiro atoms. The van der Waals surface area contributed by atoms with E-state index >= 15 is 0 Å². The third kappa shape index (κ3) is 2.66. The number of rotatable bonds is 1. The summed E-state index contributed by atoms with van der Waals surface area (Å²) >= 11 is 3.45. The third-order valence-electron chi connectivity index (χ3n) is 0.704. The average Bonchev–Trinajstić information content (AvgIpc) is 1.65. The molecule has 0 aromatic rings. The number of hydrogen-bond acceptors (Lipinski definition) is 0. The molecule has 0 amide bonds. The average molecular weight is 165 g/mol. The van der Waals surface area contributed by atoms with Crippen LogP contribution in [0.2, 0.25) is 0 Å². The largest absolute Gasteiger partial charge is 0.130 e. The van der Waals surface area contributed by atoms with Gasteiger partial charge < -0.3 is 0 Å². The Morgan fingerprint density at radius 3 is 2.33 bits per heavy atom. The predicted molar refractivity (Wildman–Crippen MR) is 36.9 cm³/mol. The highest BCUT2D eigenvalue weighted by Gasteiger charge is 1.76. The van der Waals surface area contributed by atoms with Gasteiger partial charge in [-0.15, -0.1) is 15.3 Å². The van der Waals surface area contributed by atoms with Crippen molar-refractivity contribution in [1.82, 2.24) is 0 Å². The Hall–Kier alpha value is 0.437. The van der Waals surface area contributed by atoms with Crippen molar-refractivity contribution < 1.29 is 0 Å². The number of allylic oxidation sites excluding steroid dienone is 2. The van der Waals surface area contributed by atoms with Crippen LogP contribution in [0.1, 0.15) is 13.8 Å². The van der Waals surface area contributed by atoms with Crippen molar-refractivity contribution in [2.75, 3.05) is 0 Å². The smallest absolute Gasteiger partial charge is 0.124 e. The summed E-state index contributed by atoms with van der Waals surface area (Å²) in [6, 6.07) is 0. The standard InChI is InChI=1S/C4H9BrSi/c1-3-4(2)6-5/h3H,6H2,1-2H3. The van der Waals surface area contributed by atoms with Crippen molar-refractivity contribution in [3.05, 3.63) is 11.3 Å². The molecule has 0 N–H and O–H groups in total. The molecule has 0 saturated carbocycles. The van der Waals surface area contributed by atoms with E-state index in [2.05, 4.69) is 35.2 Å². The van der Waals surface area contributed by atoms with Crippen LogP contribution in [0.3, 0.4) is 0 Å². The van der Waals surface area contributed by atoms with Gasteiger partial charge in [-0.25, -0.2) is 0 Å². The minimum Gasteiger partial charge on any atom is -0.130 e. The maximum absolute atomic E-state index is 3.45. The molecule has 0 saturated heterocycles. The lowest BCUT2D eigenvalue weighted by molar-refractivity contribution is 1.58. The third-order valence-corrected chi connectivity index (χ3v) is 4.19. The Morgan fingerprint density at radius 1 is 1.83 bits per heavy atom. The molecule has 0 aromatic heterocycles. The first-order valence-electron chi connectivity index (χ1n) is 1.99. The van der Waals surface area contributed by atoms with E-state index in [0.717, 1.165) is 0 Å². The van der Waals surface area contributed by atoms with Gasteiger partial charge in [0.1, 0.15) is 8.14 Å². The van der Waals surface area contributed by atoms with Crippen molar-refractivity contribution in [3.63, 3.8) is 0 Å². The van der Waals surface area contributed by atoms with Crippen LogP contribution in [-0.2, 0) is 0 Å². The van der Waals surface area contributed by atoms with Crippen LogP contribution in [0.5, 0.6) is 0 Å². The molecule has 0 heterocycles. The lowest BCUT2D eigenvalue weighted by Crippen LogP contribution is -1.75. The van der Waals surface area contributed by atoms with E-state index < -0.39 is 0 Å². The monoisotopic (exact) mass is 164 g/mol. The summed E-state index contributed by atoms with van der Waals surface area (Å²) in [5, 5.41) is 1.52. The molecule has 0 bridgehead atoms. The second-order valence-electron chi connectivity index (χ2n) is 1.27. The first-order valence-corrected chi connectivity index (χ1v) is 6.59. The molecule has 0 aliphatic heterocycles. The number of hydrogen-bond donors (Lipinski definition) is 0. The molecular weight excluding hydrogens is 156 g/mol. The van der Waals surface area contributed by atoms with Gasteiger partial charge in [-0.3, -0.25) is 0 Å². The van der Waals surface area contributed by atoms with Gasteiger partial charge in [-0.2, -0.15) is 0 Å². The summed E-state index contributed by atoms with van der Waals surface area (Å²) in [5.74, 6) is 0. The molecule has 6 heavy (non-hydrogen) atoms. The van der Waals surface area contributed by atoms with E-state index in [9.17, 15) is 0 Å². The lowest BCUT2D eigenvalue weighted by atomic mass is 10.6. The molecule has 0 aromatic carbocycles. The van der Waals surface area contributed by atoms with Crippen molar-refractivity contribution in [3.8, 4) is 0 Å². The second kappa shape index (κ2) is 3.62. The fourth-order valence-corrected chi connectivity index (χ4v) is 1.20. The lowest BCUT2D eigenvalue weighted by Gasteiger charge is -1.82. The zero-order chi connectivity index (χ0) is 4.99. The molecule has 0 fully saturated rings. The van der Waals surface area contributed by atoms with Crippen LogP contribution in [-0.4, -0.2) is 8.14 Å². The van der Waals surface area contributed by atoms with E-state index in [0.29, 0.717) is 0 Å². The zero-order valence-electron chi connectivity index (χ0n) is 4.16. The molecule has 0 rings (SSSR count). The Labute approximate surface area is 49.0 Å². The highest BCUT2D eigenvalue weighted by Crippen LogP contribution is 1.90.